The summed E-state index contributed by atoms with van der Waals surface area (Å²) in [7, 11) is 0. The van der Waals surface area contributed by atoms with Gasteiger partial charge in [-0.25, -0.2) is 4.79 Å². The summed E-state index contributed by atoms with van der Waals surface area (Å²) < 4.78 is 5.28. The zero-order valence-corrected chi connectivity index (χ0v) is 12.9. The summed E-state index contributed by atoms with van der Waals surface area (Å²) in [5.41, 5.74) is -3.41. The molecular formula is C14H25NO5. The van der Waals surface area contributed by atoms with Crippen molar-refractivity contribution in [2.45, 2.75) is 58.7 Å². The molecule has 0 aromatic carbocycles. The fourth-order valence-electron chi connectivity index (χ4n) is 2.47. The molecule has 1 amide bonds. The Morgan fingerprint density at radius 1 is 1.20 bits per heavy atom. The molecule has 1 saturated heterocycles. The van der Waals surface area contributed by atoms with Crippen molar-refractivity contribution in [3.63, 3.8) is 0 Å². The van der Waals surface area contributed by atoms with Crippen molar-refractivity contribution in [3.8, 4) is 0 Å². The third kappa shape index (κ3) is 3.42. The Bertz CT molecular complexity index is 393. The molecule has 2 N–H and O–H groups in total. The normalized spacial score (nSPS) is 24.4. The number of likely N-dealkylation sites (tertiary alicyclic amines) is 1. The average molecular weight is 287 g/mol. The zero-order valence-electron chi connectivity index (χ0n) is 12.9. The highest BCUT2D eigenvalue weighted by Crippen LogP contribution is 2.40. The van der Waals surface area contributed by atoms with E-state index in [4.69, 9.17) is 4.74 Å². The van der Waals surface area contributed by atoms with Gasteiger partial charge in [-0.1, -0.05) is 0 Å². The molecule has 0 spiro atoms. The number of nitrogens with zero attached hydrogens (tertiary/aromatic N) is 1. The van der Waals surface area contributed by atoms with Gasteiger partial charge in [-0.05, 0) is 47.5 Å². The van der Waals surface area contributed by atoms with Gasteiger partial charge >= 0.3 is 12.1 Å². The first-order valence-corrected chi connectivity index (χ1v) is 6.83. The van der Waals surface area contributed by atoms with Crippen LogP contribution in [0.1, 0.15) is 47.5 Å². The number of carbonyl (C=O) groups is 2. The maximum absolute atomic E-state index is 12.1. The van der Waals surface area contributed by atoms with E-state index in [1.165, 1.54) is 18.7 Å². The SMILES string of the molecule is CC(C)(C)OC(=O)N1CCCC(C(=O)O)(C(C)(C)O)C1. The summed E-state index contributed by atoms with van der Waals surface area (Å²) >= 11 is 0. The average Bonchev–Trinajstić information content (AvgIpc) is 2.25. The number of aliphatic hydroxyl groups is 1. The predicted octanol–water partition coefficient (Wildman–Crippen LogP) is 1.86. The topological polar surface area (TPSA) is 87.1 Å². The Hall–Kier alpha value is -1.30. The van der Waals surface area contributed by atoms with E-state index in [1.807, 2.05) is 0 Å². The molecule has 1 aliphatic heterocycles. The molecule has 1 rings (SSSR count). The van der Waals surface area contributed by atoms with Crippen molar-refractivity contribution in [1.29, 1.82) is 0 Å². The number of hydrogen-bond acceptors (Lipinski definition) is 4. The third-order valence-corrected chi connectivity index (χ3v) is 3.72. The van der Waals surface area contributed by atoms with E-state index in [0.717, 1.165) is 0 Å². The molecule has 20 heavy (non-hydrogen) atoms. The number of ether oxygens (including phenoxy) is 1. The Balaban J connectivity index is 2.95. The minimum Gasteiger partial charge on any atom is -0.481 e. The number of carboxylic acid groups (broad SMARTS) is 1. The van der Waals surface area contributed by atoms with Gasteiger partial charge in [0.1, 0.15) is 11.0 Å². The minimum atomic E-state index is -1.42. The van der Waals surface area contributed by atoms with Crippen LogP contribution >= 0.6 is 0 Å². The molecule has 0 radical (unpaired) electrons. The van der Waals surface area contributed by atoms with Gasteiger partial charge in [0.15, 0.2) is 0 Å². The van der Waals surface area contributed by atoms with Gasteiger partial charge in [-0.2, -0.15) is 0 Å². The summed E-state index contributed by atoms with van der Waals surface area (Å²) in [6, 6.07) is 0. The van der Waals surface area contributed by atoms with E-state index in [2.05, 4.69) is 0 Å². The van der Waals surface area contributed by atoms with Crippen LogP contribution in [0, 0.1) is 5.41 Å². The van der Waals surface area contributed by atoms with Gasteiger partial charge in [0.25, 0.3) is 0 Å². The summed E-state index contributed by atoms with van der Waals surface area (Å²) in [5, 5.41) is 19.8. The number of piperidine rings is 1. The third-order valence-electron chi connectivity index (χ3n) is 3.72. The Kier molecular flexibility index (Phi) is 4.39. The van der Waals surface area contributed by atoms with Crippen LogP contribution in [0.5, 0.6) is 0 Å². The van der Waals surface area contributed by atoms with Crippen molar-refractivity contribution in [2.24, 2.45) is 5.41 Å². The summed E-state index contributed by atoms with van der Waals surface area (Å²) in [6.45, 7) is 8.63. The molecule has 1 aliphatic rings. The number of hydrogen-bond donors (Lipinski definition) is 2. The second-order valence-electron chi connectivity index (χ2n) is 6.95. The monoisotopic (exact) mass is 287 g/mol. The van der Waals surface area contributed by atoms with Crippen LogP contribution in [0.25, 0.3) is 0 Å². The van der Waals surface area contributed by atoms with Crippen LogP contribution in [0.3, 0.4) is 0 Å². The van der Waals surface area contributed by atoms with E-state index in [0.29, 0.717) is 19.4 Å². The first kappa shape index (κ1) is 16.8. The first-order valence-electron chi connectivity index (χ1n) is 6.83. The molecule has 0 saturated carbocycles. The highest BCUT2D eigenvalue weighted by molar-refractivity contribution is 5.78. The van der Waals surface area contributed by atoms with Crippen LogP contribution in [-0.4, -0.2) is 51.5 Å². The van der Waals surface area contributed by atoms with Crippen molar-refractivity contribution >= 4 is 12.1 Å². The van der Waals surface area contributed by atoms with Crippen molar-refractivity contribution in [3.05, 3.63) is 0 Å². The van der Waals surface area contributed by atoms with Crippen LogP contribution in [0.2, 0.25) is 0 Å². The summed E-state index contributed by atoms with van der Waals surface area (Å²) in [6.07, 6.45) is 0.327. The maximum Gasteiger partial charge on any atom is 0.410 e. The molecule has 6 nitrogen and oxygen atoms in total. The Morgan fingerprint density at radius 2 is 1.75 bits per heavy atom. The number of aliphatic carboxylic acids is 1. The fourth-order valence-corrected chi connectivity index (χ4v) is 2.47. The first-order chi connectivity index (χ1) is 8.89. The molecule has 0 aromatic rings. The molecule has 1 fully saturated rings. The van der Waals surface area contributed by atoms with Gasteiger partial charge in [0.2, 0.25) is 0 Å². The molecular weight excluding hydrogens is 262 g/mol. The highest BCUT2D eigenvalue weighted by Gasteiger charge is 2.54. The van der Waals surface area contributed by atoms with Gasteiger partial charge in [-0.3, -0.25) is 4.79 Å². The van der Waals surface area contributed by atoms with E-state index in [9.17, 15) is 19.8 Å². The standard InChI is InChI=1S/C14H25NO5/c1-12(2,3)20-11(18)15-8-6-7-14(9-15,10(16)17)13(4,5)19/h19H,6-9H2,1-5H3,(H,16,17). The van der Waals surface area contributed by atoms with E-state index in [-0.39, 0.29) is 6.54 Å². The Morgan fingerprint density at radius 3 is 2.15 bits per heavy atom. The van der Waals surface area contributed by atoms with Crippen molar-refractivity contribution in [1.82, 2.24) is 4.90 Å². The second kappa shape index (κ2) is 5.24. The zero-order chi connectivity index (χ0) is 15.8. The van der Waals surface area contributed by atoms with Gasteiger partial charge in [0, 0.05) is 13.1 Å². The van der Waals surface area contributed by atoms with E-state index < -0.39 is 28.7 Å². The fraction of sp³-hybridized carbons (Fsp3) is 0.857. The lowest BCUT2D eigenvalue weighted by Gasteiger charge is -2.46. The number of rotatable bonds is 2. The number of amides is 1. The quantitative estimate of drug-likeness (QED) is 0.809. The van der Waals surface area contributed by atoms with Crippen LogP contribution in [0.15, 0.2) is 0 Å². The summed E-state index contributed by atoms with van der Waals surface area (Å²) in [5.74, 6) is -1.08. The van der Waals surface area contributed by atoms with E-state index >= 15 is 0 Å². The lowest BCUT2D eigenvalue weighted by atomic mass is 9.68. The van der Waals surface area contributed by atoms with Crippen LogP contribution in [-0.2, 0) is 9.53 Å². The highest BCUT2D eigenvalue weighted by atomic mass is 16.6. The van der Waals surface area contributed by atoms with Crippen LogP contribution < -0.4 is 0 Å². The molecule has 0 bridgehead atoms. The molecule has 0 aromatic heterocycles. The molecule has 1 atom stereocenters. The van der Waals surface area contributed by atoms with Gasteiger partial charge < -0.3 is 19.8 Å². The number of carbonyl (C=O) groups excluding carboxylic acids is 1. The minimum absolute atomic E-state index is 0.0409. The predicted molar refractivity (Wildman–Crippen MR) is 73.4 cm³/mol. The van der Waals surface area contributed by atoms with Crippen molar-refractivity contribution < 1.29 is 24.5 Å². The van der Waals surface area contributed by atoms with Crippen molar-refractivity contribution in [2.75, 3.05) is 13.1 Å². The molecule has 6 heteroatoms. The second-order valence-corrected chi connectivity index (χ2v) is 6.95. The smallest absolute Gasteiger partial charge is 0.410 e. The Labute approximate surface area is 119 Å². The lowest BCUT2D eigenvalue weighted by molar-refractivity contribution is -0.172. The lowest BCUT2D eigenvalue weighted by Crippen LogP contribution is -2.60. The summed E-state index contributed by atoms with van der Waals surface area (Å²) in [4.78, 5) is 25.1. The molecule has 1 unspecified atom stereocenters. The maximum atomic E-state index is 12.1. The molecule has 116 valence electrons. The largest absolute Gasteiger partial charge is 0.481 e. The van der Waals surface area contributed by atoms with E-state index in [1.54, 1.807) is 20.8 Å². The van der Waals surface area contributed by atoms with Crippen LogP contribution in [0.4, 0.5) is 4.79 Å². The molecule has 0 aliphatic carbocycles. The number of carboxylic acids is 1. The molecule has 1 heterocycles. The van der Waals surface area contributed by atoms with Gasteiger partial charge in [0.05, 0.1) is 5.60 Å². The van der Waals surface area contributed by atoms with Gasteiger partial charge in [-0.15, -0.1) is 0 Å².